The van der Waals surface area contributed by atoms with E-state index in [9.17, 15) is 4.39 Å². The van der Waals surface area contributed by atoms with Gasteiger partial charge in [0.25, 0.3) is 0 Å². The van der Waals surface area contributed by atoms with Crippen LogP contribution in [0.15, 0.2) is 18.2 Å². The first kappa shape index (κ1) is 15.3. The highest BCUT2D eigenvalue weighted by molar-refractivity contribution is 5.33. The van der Waals surface area contributed by atoms with Crippen LogP contribution in [0, 0.1) is 11.7 Å². The molecule has 1 aliphatic rings. The maximum atomic E-state index is 14.5. The summed E-state index contributed by atoms with van der Waals surface area (Å²) >= 11 is 0. The van der Waals surface area contributed by atoms with Crippen LogP contribution in [0.5, 0.6) is 5.75 Å². The molecule has 0 aromatic heterocycles. The van der Waals surface area contributed by atoms with Crippen molar-refractivity contribution in [1.82, 2.24) is 5.32 Å². The van der Waals surface area contributed by atoms with Crippen LogP contribution in [0.3, 0.4) is 0 Å². The molecule has 1 aromatic rings. The molecule has 0 spiro atoms. The summed E-state index contributed by atoms with van der Waals surface area (Å²) in [6.07, 6.45) is 2.05. The average Bonchev–Trinajstić information content (AvgIpc) is 2.87. The van der Waals surface area contributed by atoms with E-state index in [-0.39, 0.29) is 23.7 Å². The third-order valence-electron chi connectivity index (χ3n) is 3.94. The molecule has 1 N–H and O–H groups in total. The van der Waals surface area contributed by atoms with E-state index in [1.807, 2.05) is 12.1 Å². The molecular formula is C16H24FNO2. The lowest BCUT2D eigenvalue weighted by atomic mass is 9.92. The Bertz CT molecular complexity index is 438. The van der Waals surface area contributed by atoms with Crippen LogP contribution in [0.2, 0.25) is 0 Å². The van der Waals surface area contributed by atoms with Gasteiger partial charge in [-0.25, -0.2) is 4.39 Å². The van der Waals surface area contributed by atoms with Crippen LogP contribution in [-0.4, -0.2) is 26.4 Å². The predicted octanol–water partition coefficient (Wildman–Crippen LogP) is 3.30. The molecule has 3 atom stereocenters. The Balaban J connectivity index is 2.30. The first-order valence-corrected chi connectivity index (χ1v) is 7.36. The average molecular weight is 281 g/mol. The molecule has 1 heterocycles. The monoisotopic (exact) mass is 281 g/mol. The molecule has 0 aliphatic carbocycles. The third kappa shape index (κ3) is 3.13. The van der Waals surface area contributed by atoms with E-state index in [1.54, 1.807) is 6.07 Å². The van der Waals surface area contributed by atoms with E-state index in [2.05, 4.69) is 19.2 Å². The molecule has 0 bridgehead atoms. The van der Waals surface area contributed by atoms with Crippen molar-refractivity contribution >= 4 is 0 Å². The number of hydrogen-bond donors (Lipinski definition) is 1. The molecule has 1 fully saturated rings. The number of rotatable bonds is 6. The highest BCUT2D eigenvalue weighted by Crippen LogP contribution is 2.34. The zero-order valence-electron chi connectivity index (χ0n) is 12.5. The van der Waals surface area contributed by atoms with Crippen LogP contribution < -0.4 is 10.1 Å². The summed E-state index contributed by atoms with van der Waals surface area (Å²) in [5.74, 6) is 0.428. The molecule has 112 valence electrons. The molecule has 0 amide bonds. The zero-order valence-corrected chi connectivity index (χ0v) is 12.5. The molecule has 3 nitrogen and oxygen atoms in total. The molecule has 0 radical (unpaired) electrons. The number of methoxy groups -OCH3 is 1. The molecule has 3 unspecified atom stereocenters. The molecule has 4 heteroatoms. The van der Waals surface area contributed by atoms with Crippen LogP contribution in [0.25, 0.3) is 0 Å². The summed E-state index contributed by atoms with van der Waals surface area (Å²) < 4.78 is 25.4. The second-order valence-corrected chi connectivity index (χ2v) is 5.40. The number of nitrogens with one attached hydrogen (secondary N) is 1. The summed E-state index contributed by atoms with van der Waals surface area (Å²) in [5.41, 5.74) is 0.636. The van der Waals surface area contributed by atoms with Gasteiger partial charge in [0.15, 0.2) is 11.6 Å². The Morgan fingerprint density at radius 2 is 2.30 bits per heavy atom. The Morgan fingerprint density at radius 1 is 1.50 bits per heavy atom. The maximum Gasteiger partial charge on any atom is 0.169 e. The number of halogens is 1. The zero-order chi connectivity index (χ0) is 14.5. The van der Waals surface area contributed by atoms with E-state index in [0.717, 1.165) is 26.0 Å². The van der Waals surface area contributed by atoms with Gasteiger partial charge in [-0.15, -0.1) is 0 Å². The van der Waals surface area contributed by atoms with Gasteiger partial charge in [-0.1, -0.05) is 26.0 Å². The summed E-state index contributed by atoms with van der Waals surface area (Å²) in [5, 5.41) is 3.43. The van der Waals surface area contributed by atoms with Crippen molar-refractivity contribution in [3.63, 3.8) is 0 Å². The molecule has 1 aliphatic heterocycles. The van der Waals surface area contributed by atoms with Gasteiger partial charge >= 0.3 is 0 Å². The summed E-state index contributed by atoms with van der Waals surface area (Å²) in [7, 11) is 1.49. The van der Waals surface area contributed by atoms with Gasteiger partial charge in [-0.05, 0) is 31.4 Å². The Kier molecular flexibility index (Phi) is 5.38. The molecule has 1 aromatic carbocycles. The SMILES string of the molecule is CCCNC(c1cccc(OC)c1F)C1OCCC1C. The minimum atomic E-state index is -0.286. The minimum Gasteiger partial charge on any atom is -0.494 e. The molecular weight excluding hydrogens is 257 g/mol. The van der Waals surface area contributed by atoms with Crippen molar-refractivity contribution in [2.45, 2.75) is 38.8 Å². The second kappa shape index (κ2) is 7.04. The molecule has 1 saturated heterocycles. The van der Waals surface area contributed by atoms with Gasteiger partial charge in [0.1, 0.15) is 0 Å². The van der Waals surface area contributed by atoms with Gasteiger partial charge in [0, 0.05) is 12.2 Å². The lowest BCUT2D eigenvalue weighted by Gasteiger charge is -2.28. The number of benzene rings is 1. The fourth-order valence-corrected chi connectivity index (χ4v) is 2.77. The summed E-state index contributed by atoms with van der Waals surface area (Å²) in [6, 6.07) is 5.17. The quantitative estimate of drug-likeness (QED) is 0.868. The number of ether oxygens (including phenoxy) is 2. The van der Waals surface area contributed by atoms with Gasteiger partial charge < -0.3 is 14.8 Å². The van der Waals surface area contributed by atoms with Gasteiger partial charge in [-0.3, -0.25) is 0 Å². The Hall–Kier alpha value is -1.13. The third-order valence-corrected chi connectivity index (χ3v) is 3.94. The van der Waals surface area contributed by atoms with E-state index < -0.39 is 0 Å². The minimum absolute atomic E-state index is 0.0168. The Labute approximate surface area is 120 Å². The predicted molar refractivity (Wildman–Crippen MR) is 77.5 cm³/mol. The topological polar surface area (TPSA) is 30.5 Å². The van der Waals surface area contributed by atoms with Crippen molar-refractivity contribution in [1.29, 1.82) is 0 Å². The maximum absolute atomic E-state index is 14.5. The molecule has 0 saturated carbocycles. The summed E-state index contributed by atoms with van der Waals surface area (Å²) in [4.78, 5) is 0. The fourth-order valence-electron chi connectivity index (χ4n) is 2.77. The van der Waals surface area contributed by atoms with E-state index in [0.29, 0.717) is 11.5 Å². The van der Waals surface area contributed by atoms with Crippen molar-refractivity contribution in [3.05, 3.63) is 29.6 Å². The lowest BCUT2D eigenvalue weighted by molar-refractivity contribution is 0.0594. The largest absolute Gasteiger partial charge is 0.494 e. The van der Waals surface area contributed by atoms with Crippen LogP contribution in [0.4, 0.5) is 4.39 Å². The van der Waals surface area contributed by atoms with Crippen LogP contribution in [0.1, 0.15) is 38.3 Å². The second-order valence-electron chi connectivity index (χ2n) is 5.40. The van der Waals surface area contributed by atoms with Gasteiger partial charge in [0.2, 0.25) is 0 Å². The highest BCUT2D eigenvalue weighted by Gasteiger charge is 2.34. The molecule has 2 rings (SSSR count). The van der Waals surface area contributed by atoms with Crippen molar-refractivity contribution in [2.75, 3.05) is 20.3 Å². The van der Waals surface area contributed by atoms with Crippen molar-refractivity contribution in [2.24, 2.45) is 5.92 Å². The van der Waals surface area contributed by atoms with E-state index in [1.165, 1.54) is 7.11 Å². The number of hydrogen-bond acceptors (Lipinski definition) is 3. The lowest BCUT2D eigenvalue weighted by Crippen LogP contribution is -2.35. The first-order valence-electron chi connectivity index (χ1n) is 7.36. The highest BCUT2D eigenvalue weighted by atomic mass is 19.1. The Morgan fingerprint density at radius 3 is 2.90 bits per heavy atom. The van der Waals surface area contributed by atoms with Gasteiger partial charge in [-0.2, -0.15) is 0 Å². The normalized spacial score (nSPS) is 23.8. The van der Waals surface area contributed by atoms with E-state index in [4.69, 9.17) is 9.47 Å². The fraction of sp³-hybridized carbons (Fsp3) is 0.625. The van der Waals surface area contributed by atoms with Crippen molar-refractivity contribution < 1.29 is 13.9 Å². The smallest absolute Gasteiger partial charge is 0.169 e. The van der Waals surface area contributed by atoms with E-state index >= 15 is 0 Å². The van der Waals surface area contributed by atoms with Crippen LogP contribution >= 0.6 is 0 Å². The van der Waals surface area contributed by atoms with Crippen LogP contribution in [-0.2, 0) is 4.74 Å². The summed E-state index contributed by atoms with van der Waals surface area (Å²) in [6.45, 7) is 5.86. The molecule has 20 heavy (non-hydrogen) atoms. The van der Waals surface area contributed by atoms with Gasteiger partial charge in [0.05, 0.1) is 19.3 Å². The van der Waals surface area contributed by atoms with Crippen molar-refractivity contribution in [3.8, 4) is 5.75 Å². The first-order chi connectivity index (χ1) is 9.69. The standard InChI is InChI=1S/C16H24FNO2/c1-4-9-18-15(16-11(2)8-10-20-16)12-6-5-7-13(19-3)14(12)17/h5-7,11,15-16,18H,4,8-10H2,1-3H3.